The Morgan fingerprint density at radius 2 is 2.18 bits per heavy atom. The van der Waals surface area contributed by atoms with E-state index in [1.807, 2.05) is 4.90 Å². The van der Waals surface area contributed by atoms with Crippen molar-refractivity contribution < 1.29 is 9.32 Å². The van der Waals surface area contributed by atoms with E-state index in [0.717, 1.165) is 42.8 Å². The lowest BCUT2D eigenvalue weighted by Crippen LogP contribution is -2.37. The van der Waals surface area contributed by atoms with E-state index in [1.54, 1.807) is 6.92 Å². The summed E-state index contributed by atoms with van der Waals surface area (Å²) in [5, 5.41) is 8.34. The molecule has 4 rings (SSSR count). The number of aromatic nitrogens is 4. The normalized spacial score (nSPS) is 22.0. The van der Waals surface area contributed by atoms with Crippen molar-refractivity contribution in [1.29, 1.82) is 0 Å². The largest absolute Gasteiger partial charge is 0.342 e. The smallest absolute Gasteiger partial charge is 0.271 e. The molecule has 2 aliphatic rings. The summed E-state index contributed by atoms with van der Waals surface area (Å²) in [6.45, 7) is 3.10. The molecule has 0 radical (unpaired) electrons. The third-order valence-electron chi connectivity index (χ3n) is 4.35. The molecule has 0 N–H and O–H groups in total. The summed E-state index contributed by atoms with van der Waals surface area (Å²) in [5.74, 6) is 1.98. The number of carbonyl (C=O) groups is 1. The highest BCUT2D eigenvalue weighted by atomic mass is 32.1. The number of hydrogen-bond donors (Lipinski definition) is 0. The quantitative estimate of drug-likeness (QED) is 0.862. The van der Waals surface area contributed by atoms with Crippen LogP contribution in [0.2, 0.25) is 0 Å². The molecule has 0 bridgehead atoms. The fourth-order valence-electron chi connectivity index (χ4n) is 2.94. The van der Waals surface area contributed by atoms with E-state index in [9.17, 15) is 4.79 Å². The van der Waals surface area contributed by atoms with E-state index in [-0.39, 0.29) is 11.8 Å². The first-order valence-electron chi connectivity index (χ1n) is 7.64. The Morgan fingerprint density at radius 1 is 1.32 bits per heavy atom. The van der Waals surface area contributed by atoms with Gasteiger partial charge in [0.15, 0.2) is 5.82 Å². The highest BCUT2D eigenvalue weighted by molar-refractivity contribution is 7.09. The number of rotatable bonds is 3. The van der Waals surface area contributed by atoms with Crippen LogP contribution in [-0.2, 0) is 4.79 Å². The Kier molecular flexibility index (Phi) is 3.40. The van der Waals surface area contributed by atoms with E-state index >= 15 is 0 Å². The summed E-state index contributed by atoms with van der Waals surface area (Å²) in [5.41, 5.74) is 0.995. The molecule has 0 spiro atoms. The van der Waals surface area contributed by atoms with Gasteiger partial charge in [-0.2, -0.15) is 4.98 Å². The Morgan fingerprint density at radius 3 is 2.95 bits per heavy atom. The summed E-state index contributed by atoms with van der Waals surface area (Å²) in [4.78, 5) is 18.9. The lowest BCUT2D eigenvalue weighted by molar-refractivity contribution is -0.130. The standard InChI is InChI=1S/C14H17N5O2S/c1-8(20)19-6-2-3-10(7-19)13-15-14(21-17-13)12-11(9-4-5-9)16-18-22-12/h9-10H,2-7H2,1H3. The molecule has 7 nitrogen and oxygen atoms in total. The van der Waals surface area contributed by atoms with Crippen LogP contribution in [0.15, 0.2) is 4.52 Å². The highest BCUT2D eigenvalue weighted by Gasteiger charge is 2.33. The van der Waals surface area contributed by atoms with Gasteiger partial charge in [-0.15, -0.1) is 5.10 Å². The number of hydrogen-bond acceptors (Lipinski definition) is 7. The lowest BCUT2D eigenvalue weighted by Gasteiger charge is -2.30. The molecule has 1 amide bonds. The SMILES string of the molecule is CC(=O)N1CCCC(c2noc(-c3snnc3C3CC3)n2)C1. The van der Waals surface area contributed by atoms with E-state index in [2.05, 4.69) is 19.7 Å². The number of amides is 1. The monoisotopic (exact) mass is 319 g/mol. The number of carbonyl (C=O) groups excluding carboxylic acids is 1. The number of likely N-dealkylation sites (tertiary alicyclic amines) is 1. The van der Waals surface area contributed by atoms with Crippen molar-refractivity contribution in [3.8, 4) is 10.8 Å². The maximum absolute atomic E-state index is 11.5. The molecule has 2 aromatic heterocycles. The summed E-state index contributed by atoms with van der Waals surface area (Å²) < 4.78 is 9.47. The molecular weight excluding hydrogens is 302 g/mol. The van der Waals surface area contributed by atoms with E-state index in [0.29, 0.717) is 24.2 Å². The molecule has 1 aliphatic heterocycles. The van der Waals surface area contributed by atoms with Gasteiger partial charge in [0.05, 0.1) is 5.69 Å². The zero-order chi connectivity index (χ0) is 15.1. The predicted octanol–water partition coefficient (Wildman–Crippen LogP) is 2.19. The van der Waals surface area contributed by atoms with Crippen molar-refractivity contribution in [2.45, 2.75) is 44.4 Å². The van der Waals surface area contributed by atoms with Gasteiger partial charge in [-0.25, -0.2) is 0 Å². The second kappa shape index (κ2) is 5.42. The maximum atomic E-state index is 11.5. The van der Waals surface area contributed by atoms with Gasteiger partial charge in [0.1, 0.15) is 4.88 Å². The predicted molar refractivity (Wildman–Crippen MR) is 79.4 cm³/mol. The minimum atomic E-state index is 0.107. The van der Waals surface area contributed by atoms with Gasteiger partial charge < -0.3 is 9.42 Å². The van der Waals surface area contributed by atoms with Crippen molar-refractivity contribution in [2.24, 2.45) is 0 Å². The first kappa shape index (κ1) is 13.8. The van der Waals surface area contributed by atoms with Crippen LogP contribution < -0.4 is 0 Å². The molecule has 1 atom stereocenters. The van der Waals surface area contributed by atoms with Crippen molar-refractivity contribution in [3.05, 3.63) is 11.5 Å². The van der Waals surface area contributed by atoms with E-state index in [4.69, 9.17) is 4.52 Å². The third kappa shape index (κ3) is 2.51. The molecule has 1 aliphatic carbocycles. The average Bonchev–Trinajstić information content (AvgIpc) is 3.07. The first-order valence-corrected chi connectivity index (χ1v) is 8.41. The molecular formula is C14H17N5O2S. The molecule has 1 unspecified atom stereocenters. The van der Waals surface area contributed by atoms with Crippen LogP contribution in [0.25, 0.3) is 10.8 Å². The van der Waals surface area contributed by atoms with Gasteiger partial charge in [0.2, 0.25) is 5.91 Å². The Labute approximate surface area is 131 Å². The fourth-order valence-corrected chi connectivity index (χ4v) is 3.61. The minimum absolute atomic E-state index is 0.107. The molecule has 8 heteroatoms. The van der Waals surface area contributed by atoms with Crippen LogP contribution in [0.4, 0.5) is 0 Å². The molecule has 116 valence electrons. The van der Waals surface area contributed by atoms with Crippen LogP contribution in [-0.4, -0.2) is 43.6 Å². The fraction of sp³-hybridized carbons (Fsp3) is 0.643. The summed E-state index contributed by atoms with van der Waals surface area (Å²) in [7, 11) is 0. The topological polar surface area (TPSA) is 85.0 Å². The number of nitrogens with zero attached hydrogens (tertiary/aromatic N) is 5. The van der Waals surface area contributed by atoms with Crippen molar-refractivity contribution in [3.63, 3.8) is 0 Å². The van der Waals surface area contributed by atoms with Gasteiger partial charge in [0, 0.05) is 31.8 Å². The molecule has 22 heavy (non-hydrogen) atoms. The third-order valence-corrected chi connectivity index (χ3v) is 5.07. The Hall–Kier alpha value is -1.83. The molecule has 3 heterocycles. The molecule has 1 saturated heterocycles. The van der Waals surface area contributed by atoms with E-state index in [1.165, 1.54) is 11.5 Å². The Balaban J connectivity index is 1.56. The molecule has 1 saturated carbocycles. The van der Waals surface area contributed by atoms with Crippen molar-refractivity contribution in [1.82, 2.24) is 24.6 Å². The van der Waals surface area contributed by atoms with Gasteiger partial charge in [0.25, 0.3) is 5.89 Å². The van der Waals surface area contributed by atoms with E-state index < -0.39 is 0 Å². The maximum Gasteiger partial charge on any atom is 0.271 e. The minimum Gasteiger partial charge on any atom is -0.342 e. The lowest BCUT2D eigenvalue weighted by atomic mass is 9.97. The van der Waals surface area contributed by atoms with Crippen LogP contribution in [0.5, 0.6) is 0 Å². The first-order chi connectivity index (χ1) is 10.7. The summed E-state index contributed by atoms with van der Waals surface area (Å²) >= 11 is 1.31. The van der Waals surface area contributed by atoms with Gasteiger partial charge in [-0.05, 0) is 37.2 Å². The summed E-state index contributed by atoms with van der Waals surface area (Å²) in [6.07, 6.45) is 4.29. The average molecular weight is 319 g/mol. The zero-order valence-corrected chi connectivity index (χ0v) is 13.2. The van der Waals surface area contributed by atoms with Crippen molar-refractivity contribution >= 4 is 17.4 Å². The van der Waals surface area contributed by atoms with Gasteiger partial charge in [-0.3, -0.25) is 4.79 Å². The van der Waals surface area contributed by atoms with Crippen LogP contribution in [0, 0.1) is 0 Å². The molecule has 2 fully saturated rings. The van der Waals surface area contributed by atoms with Crippen molar-refractivity contribution in [2.75, 3.05) is 13.1 Å². The summed E-state index contributed by atoms with van der Waals surface area (Å²) in [6, 6.07) is 0. The zero-order valence-electron chi connectivity index (χ0n) is 12.4. The second-order valence-corrected chi connectivity index (χ2v) is 6.78. The highest BCUT2D eigenvalue weighted by Crippen LogP contribution is 2.44. The van der Waals surface area contributed by atoms with Crippen LogP contribution >= 0.6 is 11.5 Å². The van der Waals surface area contributed by atoms with Gasteiger partial charge in [-0.1, -0.05) is 9.64 Å². The van der Waals surface area contributed by atoms with Crippen LogP contribution in [0.1, 0.15) is 56.0 Å². The van der Waals surface area contributed by atoms with Crippen LogP contribution in [0.3, 0.4) is 0 Å². The van der Waals surface area contributed by atoms with Gasteiger partial charge >= 0.3 is 0 Å². The second-order valence-electron chi connectivity index (χ2n) is 6.02. The molecule has 0 aromatic carbocycles. The number of piperidine rings is 1. The Bertz CT molecular complexity index is 693. The molecule has 2 aromatic rings.